The number of rotatable bonds is 1. The van der Waals surface area contributed by atoms with E-state index < -0.39 is 0 Å². The van der Waals surface area contributed by atoms with Gasteiger partial charge in [0.2, 0.25) is 0 Å². The molecule has 0 saturated heterocycles. The van der Waals surface area contributed by atoms with Gasteiger partial charge in [-0.3, -0.25) is 0 Å². The molecule has 0 fully saturated rings. The van der Waals surface area contributed by atoms with Gasteiger partial charge >= 0.3 is 21.1 Å². The molecule has 0 amide bonds. The van der Waals surface area contributed by atoms with E-state index in [4.69, 9.17) is 11.5 Å². The number of nitrogens with two attached hydrogens (primary N) is 2. The fourth-order valence-corrected chi connectivity index (χ4v) is 0. The third-order valence-corrected chi connectivity index (χ3v) is 0.167. The summed E-state index contributed by atoms with van der Waals surface area (Å²) < 4.78 is 0. The van der Waals surface area contributed by atoms with Gasteiger partial charge in [0, 0.05) is 13.1 Å². The Bertz CT molecular complexity index is 18.5. The van der Waals surface area contributed by atoms with Gasteiger partial charge in [-0.15, -0.1) is 0 Å². The molecule has 66 valence electrons. The summed E-state index contributed by atoms with van der Waals surface area (Å²) in [4.78, 5) is 0. The first-order chi connectivity index (χ1) is 1.91. The average Bonchev–Trinajstić information content (AvgIpc) is 1.37. The first-order valence-corrected chi connectivity index (χ1v) is 1.32. The molecule has 0 saturated carbocycles. The third kappa shape index (κ3) is 104. The standard InChI is InChI=1S/C2H8N2.2ClH.2H3N.Pt/c3-1-2-4;;;;;/h1-4H2;2*1H;2*1H3;/q;;;;;+2/p-2. The summed E-state index contributed by atoms with van der Waals surface area (Å²) in [6.45, 7) is 1.19. The van der Waals surface area contributed by atoms with Crippen molar-refractivity contribution < 1.29 is 45.9 Å². The molecule has 9 heavy (non-hydrogen) atoms. The maximum absolute atomic E-state index is 4.90. The van der Waals surface area contributed by atoms with Crippen LogP contribution in [-0.4, -0.2) is 13.1 Å². The normalized spacial score (nSPS) is 3.33. The van der Waals surface area contributed by atoms with Crippen molar-refractivity contribution in [2.24, 2.45) is 11.5 Å². The van der Waals surface area contributed by atoms with Crippen molar-refractivity contribution in [3.63, 3.8) is 0 Å². The predicted molar refractivity (Wildman–Crippen MR) is 28.2 cm³/mol. The van der Waals surface area contributed by atoms with Gasteiger partial charge in [0.15, 0.2) is 0 Å². The summed E-state index contributed by atoms with van der Waals surface area (Å²) in [6.07, 6.45) is 0. The minimum absolute atomic E-state index is 0. The topological polar surface area (TPSA) is 122 Å². The Hall–Kier alpha value is 1.11. The maximum atomic E-state index is 4.90. The fraction of sp³-hybridized carbons (Fsp3) is 1.00. The molecule has 0 bridgehead atoms. The summed E-state index contributed by atoms with van der Waals surface area (Å²) >= 11 is 0. The van der Waals surface area contributed by atoms with Crippen LogP contribution in [0.5, 0.6) is 0 Å². The molecule has 0 unspecified atom stereocenters. The molecule has 0 atom stereocenters. The molecule has 0 aliphatic heterocycles. The van der Waals surface area contributed by atoms with Crippen LogP contribution in [0.25, 0.3) is 0 Å². The van der Waals surface area contributed by atoms with Crippen LogP contribution in [0.2, 0.25) is 0 Å². The number of hydrogen-bond acceptors (Lipinski definition) is 4. The van der Waals surface area contributed by atoms with E-state index in [1.807, 2.05) is 0 Å². The maximum Gasteiger partial charge on any atom is 2.00 e. The van der Waals surface area contributed by atoms with Crippen molar-refractivity contribution >= 4 is 0 Å². The third-order valence-electron chi connectivity index (χ3n) is 0.167. The van der Waals surface area contributed by atoms with Crippen LogP contribution in [0.15, 0.2) is 0 Å². The molecular formula is C2H14Cl2N4Pt. The molecule has 10 N–H and O–H groups in total. The minimum Gasteiger partial charge on any atom is -1.00 e. The summed E-state index contributed by atoms with van der Waals surface area (Å²) in [7, 11) is 0. The molecule has 0 aromatic heterocycles. The van der Waals surface area contributed by atoms with E-state index in [0.29, 0.717) is 13.1 Å². The second-order valence-electron chi connectivity index (χ2n) is 0.577. The predicted octanol–water partition coefficient (Wildman–Crippen LogP) is -6.77. The van der Waals surface area contributed by atoms with Crippen molar-refractivity contribution in [2.75, 3.05) is 13.1 Å². The second-order valence-corrected chi connectivity index (χ2v) is 0.577. The van der Waals surface area contributed by atoms with Gasteiger partial charge in [0.25, 0.3) is 0 Å². The SMILES string of the molecule is N.N.NCCN.[Cl-].[Cl-].[Pt+2]. The first kappa shape index (κ1) is 49.7. The Kier molecular flexibility index (Phi) is 342. The second kappa shape index (κ2) is 62.0. The number of hydrogen-bond donors (Lipinski definition) is 4. The van der Waals surface area contributed by atoms with Gasteiger partial charge in [-0.25, -0.2) is 0 Å². The molecule has 0 rings (SSSR count). The zero-order valence-electron chi connectivity index (χ0n) is 5.06. The van der Waals surface area contributed by atoms with E-state index in [9.17, 15) is 0 Å². The summed E-state index contributed by atoms with van der Waals surface area (Å²) in [6, 6.07) is 0. The Morgan fingerprint density at radius 2 is 0.889 bits per heavy atom. The fourth-order valence-electron chi connectivity index (χ4n) is 0. The molecule has 0 radical (unpaired) electrons. The molecule has 0 aromatic carbocycles. The van der Waals surface area contributed by atoms with Crippen LogP contribution >= 0.6 is 0 Å². The molecule has 4 nitrogen and oxygen atoms in total. The van der Waals surface area contributed by atoms with E-state index in [1.165, 1.54) is 0 Å². The molecule has 0 aromatic rings. The van der Waals surface area contributed by atoms with Crippen molar-refractivity contribution in [3.05, 3.63) is 0 Å². The van der Waals surface area contributed by atoms with Gasteiger partial charge < -0.3 is 48.6 Å². The average molecular weight is 360 g/mol. The Balaban J connectivity index is -0.00000000450. The summed E-state index contributed by atoms with van der Waals surface area (Å²) in [5.74, 6) is 0. The first-order valence-electron chi connectivity index (χ1n) is 1.32. The van der Waals surface area contributed by atoms with Gasteiger partial charge in [-0.05, 0) is 0 Å². The van der Waals surface area contributed by atoms with Crippen LogP contribution in [-0.2, 0) is 21.1 Å². The smallest absolute Gasteiger partial charge is 1.00 e. The zero-order valence-corrected chi connectivity index (χ0v) is 8.84. The Labute approximate surface area is 82.7 Å². The molecule has 0 aliphatic carbocycles. The molecule has 0 spiro atoms. The van der Waals surface area contributed by atoms with E-state index >= 15 is 0 Å². The van der Waals surface area contributed by atoms with Gasteiger partial charge in [-0.2, -0.15) is 0 Å². The molecule has 0 heterocycles. The summed E-state index contributed by atoms with van der Waals surface area (Å²) in [5, 5.41) is 0. The molecular weight excluding hydrogens is 346 g/mol. The quantitative estimate of drug-likeness (QED) is 0.371. The zero-order chi connectivity index (χ0) is 3.41. The Morgan fingerprint density at radius 1 is 0.778 bits per heavy atom. The molecule has 0 aliphatic rings. The monoisotopic (exact) mass is 359 g/mol. The van der Waals surface area contributed by atoms with E-state index in [2.05, 4.69) is 0 Å². The van der Waals surface area contributed by atoms with Crippen LogP contribution in [0.3, 0.4) is 0 Å². The van der Waals surface area contributed by atoms with E-state index in [-0.39, 0.29) is 58.2 Å². The van der Waals surface area contributed by atoms with Gasteiger partial charge in [0.05, 0.1) is 0 Å². The van der Waals surface area contributed by atoms with Crippen LogP contribution in [0.4, 0.5) is 0 Å². The minimum atomic E-state index is 0. The van der Waals surface area contributed by atoms with Crippen molar-refractivity contribution in [1.29, 1.82) is 0 Å². The van der Waals surface area contributed by atoms with E-state index in [0.717, 1.165) is 0 Å². The van der Waals surface area contributed by atoms with Gasteiger partial charge in [-0.1, -0.05) is 0 Å². The number of halogens is 2. The molecule has 7 heteroatoms. The summed E-state index contributed by atoms with van der Waals surface area (Å²) in [5.41, 5.74) is 9.81. The van der Waals surface area contributed by atoms with Gasteiger partial charge in [0.1, 0.15) is 0 Å². The van der Waals surface area contributed by atoms with Crippen molar-refractivity contribution in [1.82, 2.24) is 12.3 Å². The largest absolute Gasteiger partial charge is 2.00 e. The Morgan fingerprint density at radius 3 is 0.889 bits per heavy atom. The van der Waals surface area contributed by atoms with Crippen molar-refractivity contribution in [2.45, 2.75) is 0 Å². The van der Waals surface area contributed by atoms with Crippen LogP contribution in [0, 0.1) is 0 Å². The van der Waals surface area contributed by atoms with Crippen LogP contribution < -0.4 is 48.6 Å². The van der Waals surface area contributed by atoms with E-state index in [1.54, 1.807) is 0 Å². The van der Waals surface area contributed by atoms with Crippen molar-refractivity contribution in [3.8, 4) is 0 Å². The van der Waals surface area contributed by atoms with Crippen LogP contribution in [0.1, 0.15) is 0 Å².